The lowest BCUT2D eigenvalue weighted by atomic mass is 10.1. The van der Waals surface area contributed by atoms with Crippen molar-refractivity contribution in [2.24, 2.45) is 5.14 Å². The summed E-state index contributed by atoms with van der Waals surface area (Å²) in [6.07, 6.45) is 0. The van der Waals surface area contributed by atoms with Gasteiger partial charge in [-0.2, -0.15) is 0 Å². The van der Waals surface area contributed by atoms with Crippen LogP contribution in [0.1, 0.15) is 0 Å². The van der Waals surface area contributed by atoms with Crippen molar-refractivity contribution in [3.8, 4) is 0 Å². The molecule has 19 heavy (non-hydrogen) atoms. The molecule has 1 unspecified atom stereocenters. The maximum Gasteiger partial charge on any atom is 0.327 e. The maximum atomic E-state index is 11.2. The second kappa shape index (κ2) is 5.16. The lowest BCUT2D eigenvalue weighted by molar-refractivity contribution is -0.138. The van der Waals surface area contributed by atoms with Gasteiger partial charge >= 0.3 is 5.97 Å². The van der Waals surface area contributed by atoms with E-state index in [1.807, 2.05) is 0 Å². The van der Waals surface area contributed by atoms with Gasteiger partial charge in [0.1, 0.15) is 6.04 Å². The van der Waals surface area contributed by atoms with E-state index in [1.165, 1.54) is 12.1 Å². The Hall–Kier alpha value is -1.64. The van der Waals surface area contributed by atoms with Gasteiger partial charge in [0.05, 0.1) is 4.90 Å². The predicted octanol–water partition coefficient (Wildman–Crippen LogP) is -0.803. The molecule has 1 atom stereocenters. The van der Waals surface area contributed by atoms with Crippen molar-refractivity contribution in [3.05, 3.63) is 24.3 Å². The molecule has 0 radical (unpaired) electrons. The normalized spacial score (nSPS) is 20.3. The fraction of sp³-hybridized carbons (Fsp3) is 0.364. The molecule has 104 valence electrons. The fourth-order valence-electron chi connectivity index (χ4n) is 2.06. The van der Waals surface area contributed by atoms with Crippen LogP contribution in [0.25, 0.3) is 0 Å². The summed E-state index contributed by atoms with van der Waals surface area (Å²) < 4.78 is 22.3. The number of rotatable bonds is 3. The lowest BCUT2D eigenvalue weighted by Crippen LogP contribution is -2.55. The Morgan fingerprint density at radius 3 is 2.53 bits per heavy atom. The van der Waals surface area contributed by atoms with Gasteiger partial charge in [0.15, 0.2) is 0 Å². The molecule has 1 aromatic rings. The molecule has 0 saturated carbocycles. The molecule has 1 aliphatic heterocycles. The Bertz CT molecular complexity index is 570. The summed E-state index contributed by atoms with van der Waals surface area (Å²) in [6, 6.07) is 5.24. The molecule has 0 amide bonds. The van der Waals surface area contributed by atoms with Crippen molar-refractivity contribution < 1.29 is 18.3 Å². The Balaban J connectivity index is 2.28. The third kappa shape index (κ3) is 3.03. The first kappa shape index (κ1) is 13.8. The number of sulfonamides is 1. The molecule has 4 N–H and O–H groups in total. The summed E-state index contributed by atoms with van der Waals surface area (Å²) in [6.45, 7) is 1.58. The molecular formula is C11H15N3O4S. The van der Waals surface area contributed by atoms with Gasteiger partial charge < -0.3 is 15.3 Å². The zero-order valence-electron chi connectivity index (χ0n) is 10.1. The SMILES string of the molecule is NS(=O)(=O)c1ccc(N2CCNCC2C(=O)O)cc1. The van der Waals surface area contributed by atoms with Gasteiger partial charge in [-0.1, -0.05) is 0 Å². The van der Waals surface area contributed by atoms with Gasteiger partial charge in [-0.15, -0.1) is 0 Å². The van der Waals surface area contributed by atoms with E-state index in [9.17, 15) is 13.2 Å². The van der Waals surface area contributed by atoms with Crippen LogP contribution in [0.5, 0.6) is 0 Å². The first-order valence-electron chi connectivity index (χ1n) is 5.72. The molecule has 2 rings (SSSR count). The minimum absolute atomic E-state index is 0.0123. The predicted molar refractivity (Wildman–Crippen MR) is 69.5 cm³/mol. The smallest absolute Gasteiger partial charge is 0.327 e. The van der Waals surface area contributed by atoms with Crippen LogP contribution in [0.2, 0.25) is 0 Å². The molecule has 0 bridgehead atoms. The number of carbonyl (C=O) groups is 1. The number of hydrogen-bond acceptors (Lipinski definition) is 5. The third-order valence-electron chi connectivity index (χ3n) is 3.03. The highest BCUT2D eigenvalue weighted by atomic mass is 32.2. The van der Waals surface area contributed by atoms with Crippen molar-refractivity contribution in [2.75, 3.05) is 24.5 Å². The number of carboxylic acids is 1. The number of benzene rings is 1. The molecule has 0 aliphatic carbocycles. The largest absolute Gasteiger partial charge is 0.480 e. The monoisotopic (exact) mass is 285 g/mol. The van der Waals surface area contributed by atoms with E-state index in [-0.39, 0.29) is 4.90 Å². The van der Waals surface area contributed by atoms with Gasteiger partial charge in [-0.25, -0.2) is 18.4 Å². The third-order valence-corrected chi connectivity index (χ3v) is 3.95. The number of aliphatic carboxylic acids is 1. The summed E-state index contributed by atoms with van der Waals surface area (Å²) in [5, 5.41) is 17.2. The van der Waals surface area contributed by atoms with Crippen LogP contribution in [-0.2, 0) is 14.8 Å². The molecule has 0 aromatic heterocycles. The van der Waals surface area contributed by atoms with Crippen LogP contribution in [0.4, 0.5) is 5.69 Å². The van der Waals surface area contributed by atoms with Crippen molar-refractivity contribution >= 4 is 21.7 Å². The highest BCUT2D eigenvalue weighted by Gasteiger charge is 2.28. The van der Waals surface area contributed by atoms with Gasteiger partial charge in [0.2, 0.25) is 10.0 Å². The van der Waals surface area contributed by atoms with Crippen LogP contribution >= 0.6 is 0 Å². The number of anilines is 1. The summed E-state index contributed by atoms with van der Waals surface area (Å²) >= 11 is 0. The number of nitrogens with zero attached hydrogens (tertiary/aromatic N) is 1. The highest BCUT2D eigenvalue weighted by molar-refractivity contribution is 7.89. The maximum absolute atomic E-state index is 11.2. The average Bonchev–Trinajstić information content (AvgIpc) is 2.38. The van der Waals surface area contributed by atoms with Crippen LogP contribution in [0.15, 0.2) is 29.2 Å². The Morgan fingerprint density at radius 2 is 2.00 bits per heavy atom. The van der Waals surface area contributed by atoms with Crippen LogP contribution in [0, 0.1) is 0 Å². The highest BCUT2D eigenvalue weighted by Crippen LogP contribution is 2.20. The van der Waals surface area contributed by atoms with Gasteiger partial charge in [-0.05, 0) is 24.3 Å². The quantitative estimate of drug-likeness (QED) is 0.670. The van der Waals surface area contributed by atoms with E-state index in [0.717, 1.165) is 0 Å². The number of carboxylic acid groups (broad SMARTS) is 1. The van der Waals surface area contributed by atoms with Crippen molar-refractivity contribution in [1.82, 2.24) is 5.32 Å². The van der Waals surface area contributed by atoms with Crippen LogP contribution < -0.4 is 15.4 Å². The molecular weight excluding hydrogens is 270 g/mol. The van der Waals surface area contributed by atoms with Crippen molar-refractivity contribution in [3.63, 3.8) is 0 Å². The van der Waals surface area contributed by atoms with Crippen molar-refractivity contribution in [1.29, 1.82) is 0 Å². The first-order chi connectivity index (χ1) is 8.89. The summed E-state index contributed by atoms with van der Waals surface area (Å²) in [4.78, 5) is 12.9. The Labute approximate surface area is 111 Å². The molecule has 7 nitrogen and oxygen atoms in total. The average molecular weight is 285 g/mol. The standard InChI is InChI=1S/C11H15N3O4S/c12-19(17,18)9-3-1-8(2-4-9)14-6-5-13-7-10(14)11(15)16/h1-4,10,13H,5-7H2,(H,15,16)(H2,12,17,18). The summed E-state index contributed by atoms with van der Waals surface area (Å²) in [5.41, 5.74) is 0.668. The number of nitrogens with one attached hydrogen (secondary N) is 1. The van der Waals surface area contributed by atoms with Crippen LogP contribution in [0.3, 0.4) is 0 Å². The number of nitrogens with two attached hydrogens (primary N) is 1. The Kier molecular flexibility index (Phi) is 3.74. The number of primary sulfonamides is 1. The minimum Gasteiger partial charge on any atom is -0.480 e. The van der Waals surface area contributed by atoms with E-state index >= 15 is 0 Å². The zero-order valence-corrected chi connectivity index (χ0v) is 10.9. The number of piperazine rings is 1. The van der Waals surface area contributed by atoms with E-state index in [0.29, 0.717) is 25.3 Å². The van der Waals surface area contributed by atoms with E-state index in [2.05, 4.69) is 5.32 Å². The topological polar surface area (TPSA) is 113 Å². The molecule has 1 fully saturated rings. The van der Waals surface area contributed by atoms with Crippen LogP contribution in [-0.4, -0.2) is 45.2 Å². The van der Waals surface area contributed by atoms with Crippen molar-refractivity contribution in [2.45, 2.75) is 10.9 Å². The zero-order chi connectivity index (χ0) is 14.0. The fourth-order valence-corrected chi connectivity index (χ4v) is 2.58. The summed E-state index contributed by atoms with van der Waals surface area (Å²) in [7, 11) is -3.73. The molecule has 1 aliphatic rings. The Morgan fingerprint density at radius 1 is 1.37 bits per heavy atom. The molecule has 8 heteroatoms. The van der Waals surface area contributed by atoms with Gasteiger partial charge in [-0.3, -0.25) is 0 Å². The number of hydrogen-bond donors (Lipinski definition) is 3. The van der Waals surface area contributed by atoms with E-state index in [1.54, 1.807) is 17.0 Å². The lowest BCUT2D eigenvalue weighted by Gasteiger charge is -2.35. The van der Waals surface area contributed by atoms with E-state index < -0.39 is 22.0 Å². The molecule has 1 heterocycles. The second-order valence-corrected chi connectivity index (χ2v) is 5.85. The summed E-state index contributed by atoms with van der Waals surface area (Å²) in [5.74, 6) is -0.914. The first-order valence-corrected chi connectivity index (χ1v) is 7.27. The molecule has 1 saturated heterocycles. The second-order valence-electron chi connectivity index (χ2n) is 4.29. The molecule has 0 spiro atoms. The molecule has 1 aromatic carbocycles. The van der Waals surface area contributed by atoms with Gasteiger partial charge in [0.25, 0.3) is 0 Å². The minimum atomic E-state index is -3.73. The van der Waals surface area contributed by atoms with E-state index in [4.69, 9.17) is 10.2 Å². The van der Waals surface area contributed by atoms with Gasteiger partial charge in [0, 0.05) is 25.3 Å².